The Kier molecular flexibility index (Phi) is 8.15. The Morgan fingerprint density at radius 3 is 2.00 bits per heavy atom. The lowest BCUT2D eigenvalue weighted by molar-refractivity contribution is 0.0980. The van der Waals surface area contributed by atoms with Crippen LogP contribution in [-0.2, 0) is 19.9 Å². The monoisotopic (exact) mass is 541 g/mol. The number of aliphatic hydroxyl groups is 1. The highest BCUT2D eigenvalue weighted by atomic mass is 35.5. The molecule has 1 saturated heterocycles. The van der Waals surface area contributed by atoms with Gasteiger partial charge in [-0.05, 0) is 78.6 Å². The number of benzene rings is 3. The molecule has 200 valence electrons. The third-order valence-electron chi connectivity index (χ3n) is 7.24. The number of carbonyl (C=O) groups excluding carboxylic acids is 2. The molecule has 0 aliphatic carbocycles. The molecule has 1 aliphatic rings. The smallest absolute Gasteiger partial charge is 0.183 e. The number of rotatable bonds is 9. The van der Waals surface area contributed by atoms with Gasteiger partial charge in [-0.1, -0.05) is 35.9 Å². The zero-order valence-corrected chi connectivity index (χ0v) is 22.7. The maximum Gasteiger partial charge on any atom is 0.183 e. The van der Waals surface area contributed by atoms with E-state index in [1.165, 1.54) is 0 Å². The maximum atomic E-state index is 13.0. The molecule has 2 N–H and O–H groups in total. The molecule has 0 saturated carbocycles. The number of hydrogen-bond acceptors (Lipinski definition) is 5. The van der Waals surface area contributed by atoms with Gasteiger partial charge in [0.05, 0.1) is 16.8 Å². The minimum absolute atomic E-state index is 0.0261. The van der Waals surface area contributed by atoms with E-state index in [2.05, 4.69) is 10.2 Å². The van der Waals surface area contributed by atoms with Crippen LogP contribution in [0, 0.1) is 0 Å². The SMILES string of the molecule is Cn1cccc1C(=O)Cc1ccc(Nc2ccc(CC(=O)c3ccc(N4CCC(O)CC4)cc3Cl)cc2)cc1. The molecular weight excluding hydrogens is 510 g/mol. The van der Waals surface area contributed by atoms with Gasteiger partial charge in [0.15, 0.2) is 11.6 Å². The largest absolute Gasteiger partial charge is 0.393 e. The van der Waals surface area contributed by atoms with Crippen LogP contribution >= 0.6 is 11.6 Å². The van der Waals surface area contributed by atoms with Crippen LogP contribution in [0.5, 0.6) is 0 Å². The predicted octanol–water partition coefficient (Wildman–Crippen LogP) is 6.23. The third-order valence-corrected chi connectivity index (χ3v) is 7.55. The number of anilines is 3. The first-order valence-corrected chi connectivity index (χ1v) is 13.6. The van der Waals surface area contributed by atoms with Crippen LogP contribution in [0.3, 0.4) is 0 Å². The standard InChI is InChI=1S/C32H32ClN3O3/c1-35-16-2-3-30(35)32(39)20-23-6-10-25(11-7-23)34-24-8-4-22(5-9-24)19-31(38)28-13-12-26(21-29(28)33)36-17-14-27(37)15-18-36/h2-13,16,21,27,34,37H,14-15,17-20H2,1H3. The Hall–Kier alpha value is -3.87. The molecule has 1 fully saturated rings. The Morgan fingerprint density at radius 1 is 0.872 bits per heavy atom. The van der Waals surface area contributed by atoms with Gasteiger partial charge in [0.1, 0.15) is 0 Å². The van der Waals surface area contributed by atoms with Gasteiger partial charge in [-0.15, -0.1) is 0 Å². The number of ketones is 2. The second-order valence-electron chi connectivity index (χ2n) is 10.1. The van der Waals surface area contributed by atoms with Crippen molar-refractivity contribution in [1.29, 1.82) is 0 Å². The van der Waals surface area contributed by atoms with E-state index in [1.807, 2.05) is 90.6 Å². The van der Waals surface area contributed by atoms with Crippen molar-refractivity contribution in [1.82, 2.24) is 4.57 Å². The summed E-state index contributed by atoms with van der Waals surface area (Å²) >= 11 is 6.50. The molecule has 0 unspecified atom stereocenters. The van der Waals surface area contributed by atoms with Gasteiger partial charge in [-0.25, -0.2) is 0 Å². The molecule has 0 radical (unpaired) electrons. The number of aryl methyl sites for hydroxylation is 1. The van der Waals surface area contributed by atoms with Crippen molar-refractivity contribution in [3.05, 3.63) is 112 Å². The van der Waals surface area contributed by atoms with Crippen LogP contribution in [0.25, 0.3) is 0 Å². The van der Waals surface area contributed by atoms with Gasteiger partial charge >= 0.3 is 0 Å². The third kappa shape index (κ3) is 6.59. The van der Waals surface area contributed by atoms with E-state index in [0.717, 1.165) is 54.1 Å². The van der Waals surface area contributed by atoms with Crippen molar-refractivity contribution in [2.24, 2.45) is 7.05 Å². The molecule has 0 bridgehead atoms. The summed E-state index contributed by atoms with van der Waals surface area (Å²) in [7, 11) is 1.87. The van der Waals surface area contributed by atoms with Crippen molar-refractivity contribution in [2.75, 3.05) is 23.3 Å². The van der Waals surface area contributed by atoms with Gasteiger partial charge in [0.25, 0.3) is 0 Å². The first kappa shape index (κ1) is 26.7. The fraction of sp³-hybridized carbons (Fsp3) is 0.250. The summed E-state index contributed by atoms with van der Waals surface area (Å²) < 4.78 is 1.84. The van der Waals surface area contributed by atoms with Crippen molar-refractivity contribution in [3.63, 3.8) is 0 Å². The van der Waals surface area contributed by atoms with E-state index in [0.29, 0.717) is 22.7 Å². The number of halogens is 1. The molecule has 7 heteroatoms. The maximum absolute atomic E-state index is 13.0. The van der Waals surface area contributed by atoms with Crippen LogP contribution in [-0.4, -0.2) is 40.4 Å². The van der Waals surface area contributed by atoms with E-state index < -0.39 is 0 Å². The average molecular weight is 542 g/mol. The Balaban J connectivity index is 1.16. The van der Waals surface area contributed by atoms with Gasteiger partial charge in [0.2, 0.25) is 0 Å². The molecule has 5 rings (SSSR count). The summed E-state index contributed by atoms with van der Waals surface area (Å²) in [5.74, 6) is 0.0649. The lowest BCUT2D eigenvalue weighted by Gasteiger charge is -2.31. The zero-order valence-electron chi connectivity index (χ0n) is 21.9. The van der Waals surface area contributed by atoms with Crippen LogP contribution in [0.4, 0.5) is 17.1 Å². The minimum Gasteiger partial charge on any atom is -0.393 e. The Morgan fingerprint density at radius 2 is 1.46 bits per heavy atom. The lowest BCUT2D eigenvalue weighted by atomic mass is 10.0. The fourth-order valence-electron chi connectivity index (χ4n) is 4.94. The summed E-state index contributed by atoms with van der Waals surface area (Å²) in [4.78, 5) is 27.7. The van der Waals surface area contributed by atoms with Crippen molar-refractivity contribution >= 4 is 40.2 Å². The van der Waals surface area contributed by atoms with Gasteiger partial charge < -0.3 is 19.9 Å². The highest BCUT2D eigenvalue weighted by molar-refractivity contribution is 6.34. The normalized spacial score (nSPS) is 13.9. The zero-order chi connectivity index (χ0) is 27.4. The average Bonchev–Trinajstić information content (AvgIpc) is 3.37. The molecule has 0 amide bonds. The highest BCUT2D eigenvalue weighted by Crippen LogP contribution is 2.27. The molecule has 1 aromatic heterocycles. The van der Waals surface area contributed by atoms with Gasteiger partial charge in [0, 0.05) is 61.8 Å². The molecular formula is C32H32ClN3O3. The van der Waals surface area contributed by atoms with Crippen LogP contribution in [0.15, 0.2) is 85.1 Å². The number of aromatic nitrogens is 1. The first-order valence-electron chi connectivity index (χ1n) is 13.2. The predicted molar refractivity (Wildman–Crippen MR) is 157 cm³/mol. The summed E-state index contributed by atoms with van der Waals surface area (Å²) in [6.45, 7) is 1.56. The topological polar surface area (TPSA) is 74.6 Å². The molecule has 2 heterocycles. The van der Waals surface area contributed by atoms with E-state index in [9.17, 15) is 14.7 Å². The summed E-state index contributed by atoms with van der Waals surface area (Å²) in [5.41, 5.74) is 5.90. The Bertz CT molecular complexity index is 1450. The second-order valence-corrected chi connectivity index (χ2v) is 10.5. The molecule has 4 aromatic rings. The van der Waals surface area contributed by atoms with E-state index in [-0.39, 0.29) is 24.1 Å². The van der Waals surface area contributed by atoms with E-state index in [1.54, 1.807) is 6.07 Å². The number of aliphatic hydroxyl groups excluding tert-OH is 1. The molecule has 3 aromatic carbocycles. The van der Waals surface area contributed by atoms with Crippen molar-refractivity contribution in [2.45, 2.75) is 31.8 Å². The molecule has 0 atom stereocenters. The Labute approximate surface area is 233 Å². The van der Waals surface area contributed by atoms with Crippen molar-refractivity contribution in [3.8, 4) is 0 Å². The molecule has 39 heavy (non-hydrogen) atoms. The summed E-state index contributed by atoms with van der Waals surface area (Å²) in [5, 5.41) is 13.6. The van der Waals surface area contributed by atoms with Crippen LogP contribution < -0.4 is 10.2 Å². The van der Waals surface area contributed by atoms with Gasteiger partial charge in [-0.2, -0.15) is 0 Å². The van der Waals surface area contributed by atoms with E-state index >= 15 is 0 Å². The minimum atomic E-state index is -0.235. The molecule has 0 spiro atoms. The number of piperidine rings is 1. The highest BCUT2D eigenvalue weighted by Gasteiger charge is 2.19. The number of hydrogen-bond donors (Lipinski definition) is 2. The number of Topliss-reactive ketones (excluding diaryl/α,β-unsaturated/α-hetero) is 2. The van der Waals surface area contributed by atoms with Crippen molar-refractivity contribution < 1.29 is 14.7 Å². The number of nitrogens with zero attached hydrogens (tertiary/aromatic N) is 2. The van der Waals surface area contributed by atoms with E-state index in [4.69, 9.17) is 11.6 Å². The molecule has 6 nitrogen and oxygen atoms in total. The quantitative estimate of drug-likeness (QED) is 0.246. The van der Waals surface area contributed by atoms with Gasteiger partial charge in [-0.3, -0.25) is 9.59 Å². The number of carbonyl (C=O) groups is 2. The van der Waals surface area contributed by atoms with Crippen LogP contribution in [0.1, 0.15) is 44.8 Å². The number of nitrogens with one attached hydrogen (secondary N) is 1. The first-order chi connectivity index (χ1) is 18.9. The second kappa shape index (κ2) is 11.9. The summed E-state index contributed by atoms with van der Waals surface area (Å²) in [6, 6.07) is 24.9. The fourth-order valence-corrected chi connectivity index (χ4v) is 5.22. The summed E-state index contributed by atoms with van der Waals surface area (Å²) in [6.07, 6.45) is 3.74. The van der Waals surface area contributed by atoms with Crippen LogP contribution in [0.2, 0.25) is 5.02 Å². The molecule has 1 aliphatic heterocycles. The lowest BCUT2D eigenvalue weighted by Crippen LogP contribution is -2.35.